The minimum atomic E-state index is -1.60. The normalized spacial score (nSPS) is 37.4. The lowest BCUT2D eigenvalue weighted by Crippen LogP contribution is -2.56. The first-order valence-electron chi connectivity index (χ1n) is 5.11. The lowest BCUT2D eigenvalue weighted by Gasteiger charge is -2.39. The molecule has 1 rings (SSSR count). The lowest BCUT2D eigenvalue weighted by molar-refractivity contribution is -0.209. The minimum absolute atomic E-state index is 0.570. The summed E-state index contributed by atoms with van der Waals surface area (Å²) >= 11 is 2.99. The van der Waals surface area contributed by atoms with Crippen LogP contribution in [0, 0.1) is 0 Å². The summed E-state index contributed by atoms with van der Waals surface area (Å²) in [6, 6.07) is 0. The Morgan fingerprint density at radius 2 is 1.65 bits per heavy atom. The number of hydrogen-bond donors (Lipinski definition) is 0. The maximum absolute atomic E-state index is 13.8. The van der Waals surface area contributed by atoms with Gasteiger partial charge in [-0.3, -0.25) is 9.59 Å². The molecule has 5 nitrogen and oxygen atoms in total. The molecule has 0 aromatic rings. The average Bonchev–Trinajstić information content (AvgIpc) is 2.19. The molecule has 0 bridgehead atoms. The maximum Gasteiger partial charge on any atom is 0.303 e. The predicted octanol–water partition coefficient (Wildman–Crippen LogP) is 1.33. The molecule has 0 aliphatic carbocycles. The van der Waals surface area contributed by atoms with Crippen molar-refractivity contribution in [3.8, 4) is 0 Å². The standard InChI is InChI=1S/C10H14BrFO5/c1-4-8(16-5(2)13)9(17-6(3)14)7(12)10(11)15-4/h4,7-10H,1-3H3/t4-,7-,8+,9-,10+/m0/s1. The van der Waals surface area contributed by atoms with Gasteiger partial charge >= 0.3 is 11.9 Å². The van der Waals surface area contributed by atoms with E-state index in [4.69, 9.17) is 14.2 Å². The van der Waals surface area contributed by atoms with E-state index < -0.39 is 41.4 Å². The summed E-state index contributed by atoms with van der Waals surface area (Å²) in [6.07, 6.45) is -4.27. The second-order valence-corrected chi connectivity index (χ2v) is 4.69. The van der Waals surface area contributed by atoms with E-state index >= 15 is 0 Å². The Morgan fingerprint density at radius 1 is 1.18 bits per heavy atom. The molecule has 98 valence electrons. The second-order valence-electron chi connectivity index (χ2n) is 3.78. The molecule has 0 radical (unpaired) electrons. The Bertz CT molecular complexity index is 311. The highest BCUT2D eigenvalue weighted by Gasteiger charge is 2.47. The Labute approximate surface area is 107 Å². The number of esters is 2. The van der Waals surface area contributed by atoms with E-state index in [1.165, 1.54) is 13.8 Å². The molecule has 1 aliphatic heterocycles. The Balaban J connectivity index is 2.86. The van der Waals surface area contributed by atoms with Gasteiger partial charge in [-0.15, -0.1) is 0 Å². The van der Waals surface area contributed by atoms with Gasteiger partial charge in [-0.2, -0.15) is 0 Å². The molecule has 7 heteroatoms. The summed E-state index contributed by atoms with van der Waals surface area (Å²) in [5.41, 5.74) is 0. The third-order valence-corrected chi connectivity index (χ3v) is 3.02. The van der Waals surface area contributed by atoms with Gasteiger partial charge in [0.25, 0.3) is 0 Å². The molecule has 0 saturated carbocycles. The van der Waals surface area contributed by atoms with E-state index in [-0.39, 0.29) is 0 Å². The first kappa shape index (κ1) is 14.4. The van der Waals surface area contributed by atoms with Crippen LogP contribution in [0.4, 0.5) is 4.39 Å². The van der Waals surface area contributed by atoms with Crippen molar-refractivity contribution in [3.05, 3.63) is 0 Å². The van der Waals surface area contributed by atoms with Gasteiger partial charge in [0.15, 0.2) is 18.4 Å². The first-order valence-corrected chi connectivity index (χ1v) is 6.02. The number of alkyl halides is 2. The minimum Gasteiger partial charge on any atom is -0.456 e. The molecular formula is C10H14BrFO5. The first-order chi connectivity index (χ1) is 7.82. The number of carbonyl (C=O) groups is 2. The van der Waals surface area contributed by atoms with Gasteiger partial charge in [0.2, 0.25) is 0 Å². The van der Waals surface area contributed by atoms with E-state index in [2.05, 4.69) is 15.9 Å². The number of rotatable bonds is 2. The maximum atomic E-state index is 13.8. The van der Waals surface area contributed by atoms with E-state index in [0.717, 1.165) is 0 Å². The van der Waals surface area contributed by atoms with Gasteiger partial charge in [-0.25, -0.2) is 4.39 Å². The van der Waals surface area contributed by atoms with E-state index in [9.17, 15) is 14.0 Å². The van der Waals surface area contributed by atoms with Crippen LogP contribution in [-0.4, -0.2) is 41.4 Å². The quantitative estimate of drug-likeness (QED) is 0.568. The fourth-order valence-electron chi connectivity index (χ4n) is 1.63. The SMILES string of the molecule is CC(=O)O[C@H]1[C@H](F)[C@H](Br)O[C@@H](C)[C@H]1OC(C)=O. The van der Waals surface area contributed by atoms with Crippen LogP contribution in [0.2, 0.25) is 0 Å². The summed E-state index contributed by atoms with van der Waals surface area (Å²) in [6.45, 7) is 3.98. The molecule has 0 unspecified atom stereocenters. The highest BCUT2D eigenvalue weighted by Crippen LogP contribution is 2.30. The molecule has 1 saturated heterocycles. The lowest BCUT2D eigenvalue weighted by atomic mass is 10.0. The third-order valence-electron chi connectivity index (χ3n) is 2.30. The van der Waals surface area contributed by atoms with Crippen LogP contribution in [0.3, 0.4) is 0 Å². The fraction of sp³-hybridized carbons (Fsp3) is 0.800. The second kappa shape index (κ2) is 5.77. The van der Waals surface area contributed by atoms with Gasteiger partial charge < -0.3 is 14.2 Å². The third kappa shape index (κ3) is 3.64. The van der Waals surface area contributed by atoms with Crippen LogP contribution in [0.5, 0.6) is 0 Å². The Hall–Kier alpha value is -0.690. The zero-order valence-electron chi connectivity index (χ0n) is 9.68. The van der Waals surface area contributed by atoms with Crippen molar-refractivity contribution in [2.45, 2.75) is 50.3 Å². The number of ether oxygens (including phenoxy) is 3. The highest BCUT2D eigenvalue weighted by molar-refractivity contribution is 9.09. The van der Waals surface area contributed by atoms with Crippen LogP contribution >= 0.6 is 15.9 Å². The van der Waals surface area contributed by atoms with E-state index in [1.54, 1.807) is 6.92 Å². The molecule has 1 aliphatic rings. The highest BCUT2D eigenvalue weighted by atomic mass is 79.9. The van der Waals surface area contributed by atoms with Crippen LogP contribution in [0.25, 0.3) is 0 Å². The van der Waals surface area contributed by atoms with Gasteiger partial charge in [0, 0.05) is 13.8 Å². The van der Waals surface area contributed by atoms with E-state index in [0.29, 0.717) is 0 Å². The van der Waals surface area contributed by atoms with Crippen molar-refractivity contribution < 1.29 is 28.2 Å². The van der Waals surface area contributed by atoms with Crippen molar-refractivity contribution >= 4 is 27.9 Å². The molecule has 1 fully saturated rings. The van der Waals surface area contributed by atoms with Crippen molar-refractivity contribution in [2.75, 3.05) is 0 Å². The van der Waals surface area contributed by atoms with Gasteiger partial charge in [0.1, 0.15) is 5.01 Å². The molecule has 0 spiro atoms. The molecule has 0 amide bonds. The largest absolute Gasteiger partial charge is 0.456 e. The Morgan fingerprint density at radius 3 is 2.12 bits per heavy atom. The van der Waals surface area contributed by atoms with Crippen LogP contribution in [0.1, 0.15) is 20.8 Å². The monoisotopic (exact) mass is 312 g/mol. The van der Waals surface area contributed by atoms with Gasteiger partial charge in [0.05, 0.1) is 6.10 Å². The zero-order chi connectivity index (χ0) is 13.2. The van der Waals surface area contributed by atoms with E-state index in [1.807, 2.05) is 0 Å². The fourth-order valence-corrected chi connectivity index (χ4v) is 2.27. The molecule has 5 atom stereocenters. The molecule has 0 aromatic carbocycles. The van der Waals surface area contributed by atoms with Gasteiger partial charge in [-0.05, 0) is 6.92 Å². The summed E-state index contributed by atoms with van der Waals surface area (Å²) in [5.74, 6) is -1.22. The number of hydrogen-bond acceptors (Lipinski definition) is 5. The molecule has 0 N–H and O–H groups in total. The van der Waals surface area contributed by atoms with Crippen LogP contribution < -0.4 is 0 Å². The number of carbonyl (C=O) groups excluding carboxylic acids is 2. The van der Waals surface area contributed by atoms with Gasteiger partial charge in [-0.1, -0.05) is 15.9 Å². The zero-order valence-corrected chi connectivity index (χ0v) is 11.3. The van der Waals surface area contributed by atoms with Crippen molar-refractivity contribution in [3.63, 3.8) is 0 Å². The number of halogens is 2. The molecule has 0 aromatic heterocycles. The summed E-state index contributed by atoms with van der Waals surface area (Å²) in [5, 5.41) is -0.895. The topological polar surface area (TPSA) is 61.8 Å². The summed E-state index contributed by atoms with van der Waals surface area (Å²) in [7, 11) is 0. The van der Waals surface area contributed by atoms with Crippen molar-refractivity contribution in [2.24, 2.45) is 0 Å². The molecule has 1 heterocycles. The smallest absolute Gasteiger partial charge is 0.303 e. The Kier molecular flexibility index (Phi) is 4.88. The average molecular weight is 313 g/mol. The van der Waals surface area contributed by atoms with Crippen LogP contribution in [0.15, 0.2) is 0 Å². The molecule has 17 heavy (non-hydrogen) atoms. The van der Waals surface area contributed by atoms with Crippen molar-refractivity contribution in [1.82, 2.24) is 0 Å². The van der Waals surface area contributed by atoms with Crippen LogP contribution in [-0.2, 0) is 23.8 Å². The summed E-state index contributed by atoms with van der Waals surface area (Å²) in [4.78, 5) is 21.8. The molecular weight excluding hydrogens is 299 g/mol. The van der Waals surface area contributed by atoms with Crippen molar-refractivity contribution in [1.29, 1.82) is 0 Å². The summed E-state index contributed by atoms with van der Waals surface area (Å²) < 4.78 is 28.8. The predicted molar refractivity (Wildman–Crippen MR) is 59.3 cm³/mol.